The van der Waals surface area contributed by atoms with Crippen molar-refractivity contribution in [1.29, 1.82) is 0 Å². The number of hydrogen-bond acceptors (Lipinski definition) is 4. The van der Waals surface area contributed by atoms with E-state index in [0.29, 0.717) is 17.7 Å². The third-order valence-corrected chi connectivity index (χ3v) is 10.7. The molecule has 4 aliphatic rings. The van der Waals surface area contributed by atoms with Crippen LogP contribution in [0.1, 0.15) is 93.3 Å². The van der Waals surface area contributed by atoms with Gasteiger partial charge in [-0.05, 0) is 115 Å². The minimum atomic E-state index is -0.281. The van der Waals surface area contributed by atoms with E-state index in [1.54, 1.807) is 5.01 Å². The first-order chi connectivity index (χ1) is 19.6. The van der Waals surface area contributed by atoms with Crippen LogP contribution in [0.4, 0.5) is 4.39 Å². The lowest BCUT2D eigenvalue weighted by atomic mass is 9.73. The lowest BCUT2D eigenvalue weighted by molar-refractivity contribution is -0.115. The van der Waals surface area contributed by atoms with Crippen LogP contribution in [-0.4, -0.2) is 23.7 Å². The number of nitrogens with zero attached hydrogens (tertiary/aromatic N) is 2. The number of fused-ring (bicyclic) bond motifs is 1. The number of ketones is 1. The number of hydrogen-bond donors (Lipinski definition) is 1. The maximum atomic E-state index is 15.3. The van der Waals surface area contributed by atoms with Crippen molar-refractivity contribution in [2.45, 2.75) is 86.0 Å². The number of allylic oxidation sites excluding steroid dienone is 9. The first-order valence-electron chi connectivity index (χ1n) is 15.0. The molecule has 3 unspecified atom stereocenters. The van der Waals surface area contributed by atoms with E-state index in [0.717, 1.165) is 65.7 Å². The number of nitrogens with one attached hydrogen (secondary N) is 1. The van der Waals surface area contributed by atoms with Gasteiger partial charge in [0, 0.05) is 17.7 Å². The lowest BCUT2D eigenvalue weighted by Crippen LogP contribution is -2.27. The fourth-order valence-electron chi connectivity index (χ4n) is 6.41. The summed E-state index contributed by atoms with van der Waals surface area (Å²) in [7, 11) is 1.90. The van der Waals surface area contributed by atoms with Gasteiger partial charge in [0.2, 0.25) is 0 Å². The third kappa shape index (κ3) is 5.77. The zero-order valence-corrected chi connectivity index (χ0v) is 25.9. The van der Waals surface area contributed by atoms with E-state index in [9.17, 15) is 9.59 Å². The van der Waals surface area contributed by atoms with E-state index in [2.05, 4.69) is 49.3 Å². The highest BCUT2D eigenvalue weighted by Gasteiger charge is 2.35. The predicted molar refractivity (Wildman–Crippen MR) is 164 cm³/mol. The van der Waals surface area contributed by atoms with Crippen molar-refractivity contribution in [2.75, 3.05) is 7.05 Å². The average Bonchev–Trinajstić information content (AvgIpc) is 3.41. The summed E-state index contributed by atoms with van der Waals surface area (Å²) in [5, 5.41) is 4.74. The number of carbonyl (C=O) groups excluding carboxylic acids is 2. The number of thiophene rings is 1. The van der Waals surface area contributed by atoms with Crippen LogP contribution in [0.5, 0.6) is 0 Å². The normalized spacial score (nSPS) is 22.6. The second-order valence-corrected chi connectivity index (χ2v) is 13.0. The molecule has 0 radical (unpaired) electrons. The molecule has 3 aliphatic carbocycles. The molecule has 1 aromatic heterocycles. The molecule has 0 spiro atoms. The molecule has 1 amide bonds. The van der Waals surface area contributed by atoms with Crippen LogP contribution in [-0.2, 0) is 17.6 Å². The quantitative estimate of drug-likeness (QED) is 0.357. The highest BCUT2D eigenvalue weighted by molar-refractivity contribution is 7.14. The molecule has 0 fully saturated rings. The van der Waals surface area contributed by atoms with Crippen LogP contribution in [0.2, 0.25) is 0 Å². The van der Waals surface area contributed by atoms with Gasteiger partial charge in [0.15, 0.2) is 5.78 Å². The molecule has 1 N–H and O–H groups in total. The smallest absolute Gasteiger partial charge is 0.319 e. The molecule has 3 atom stereocenters. The Morgan fingerprint density at radius 2 is 1.98 bits per heavy atom. The van der Waals surface area contributed by atoms with Crippen LogP contribution < -0.4 is 5.32 Å². The van der Waals surface area contributed by atoms with E-state index >= 15 is 4.39 Å². The zero-order chi connectivity index (χ0) is 29.4. The second-order valence-electron chi connectivity index (χ2n) is 11.9. The Morgan fingerprint density at radius 3 is 2.68 bits per heavy atom. The van der Waals surface area contributed by atoms with E-state index < -0.39 is 0 Å². The van der Waals surface area contributed by atoms with Gasteiger partial charge < -0.3 is 5.32 Å². The van der Waals surface area contributed by atoms with E-state index in [-0.39, 0.29) is 47.4 Å². The summed E-state index contributed by atoms with van der Waals surface area (Å²) in [6, 6.07) is 5.21. The Labute approximate surface area is 247 Å². The molecular formula is C34H41FN3O2S+. The summed E-state index contributed by atoms with van der Waals surface area (Å²) < 4.78 is 15.3. The highest BCUT2D eigenvalue weighted by atomic mass is 32.1. The summed E-state index contributed by atoms with van der Waals surface area (Å²) in [6.07, 6.45) is 10.5. The Kier molecular flexibility index (Phi) is 8.52. The van der Waals surface area contributed by atoms with Crippen molar-refractivity contribution in [3.05, 3.63) is 83.6 Å². The van der Waals surface area contributed by atoms with Crippen LogP contribution in [0, 0.1) is 23.8 Å². The van der Waals surface area contributed by atoms with Gasteiger partial charge in [-0.1, -0.05) is 26.3 Å². The minimum absolute atomic E-state index is 0.00290. The van der Waals surface area contributed by atoms with Gasteiger partial charge in [-0.25, -0.2) is 4.39 Å². The number of Topliss-reactive ketones (excluding diaryl/α,β-unsaturated/α-hetero) is 1. The van der Waals surface area contributed by atoms with Gasteiger partial charge in [-0.15, -0.1) is 11.3 Å². The standard InChI is InChI=1S/C34H40FN3O2S/c1-7-23-15-30(39)27(21(4)20(3)25-14-19(2)38(6)36-18-25)17-28(23)26-12-13-29(35)33(22(26)5)37-34(40)32-16-24-10-8-9-11-31(24)41-32/h14,16-17,20-21,25H,7-13,15H2,1-6H3/p+1. The molecule has 1 aromatic rings. The number of aryl methyl sites for hydroxylation is 2. The van der Waals surface area contributed by atoms with Gasteiger partial charge >= 0.3 is 6.07 Å². The number of carbonyl (C=O) groups is 2. The summed E-state index contributed by atoms with van der Waals surface area (Å²) >= 11 is 1.54. The summed E-state index contributed by atoms with van der Waals surface area (Å²) in [4.78, 5) is 33.0. The van der Waals surface area contributed by atoms with Crippen molar-refractivity contribution < 1.29 is 14.0 Å². The third-order valence-electron chi connectivity index (χ3n) is 9.41. The molecule has 2 heterocycles. The first kappa shape index (κ1) is 29.3. The number of rotatable bonds is 7. The van der Waals surface area contributed by atoms with Crippen molar-refractivity contribution >= 4 is 23.0 Å². The molecule has 5 rings (SSSR count). The van der Waals surface area contributed by atoms with Gasteiger partial charge in [-0.3, -0.25) is 9.59 Å². The minimum Gasteiger partial charge on any atom is -0.319 e. The number of amides is 1. The molecule has 5 nitrogen and oxygen atoms in total. The fourth-order valence-corrected chi connectivity index (χ4v) is 7.56. The van der Waals surface area contributed by atoms with Crippen molar-refractivity contribution in [3.8, 4) is 6.07 Å². The van der Waals surface area contributed by atoms with Crippen molar-refractivity contribution in [1.82, 2.24) is 10.3 Å². The van der Waals surface area contributed by atoms with Crippen LogP contribution in [0.15, 0.2) is 63.3 Å². The Bertz CT molecular complexity index is 1490. The van der Waals surface area contributed by atoms with E-state index in [1.807, 2.05) is 27.0 Å². The topological polar surface area (TPSA) is 53.8 Å². The zero-order valence-electron chi connectivity index (χ0n) is 25.1. The van der Waals surface area contributed by atoms with Crippen LogP contribution >= 0.6 is 11.3 Å². The molecule has 0 saturated heterocycles. The van der Waals surface area contributed by atoms with E-state index in [1.165, 1.54) is 21.8 Å². The summed E-state index contributed by atoms with van der Waals surface area (Å²) in [5.41, 5.74) is 7.32. The molecular weight excluding hydrogens is 533 g/mol. The first-order valence-corrected chi connectivity index (χ1v) is 15.8. The fraction of sp³-hybridized carbons (Fsp3) is 0.500. The monoisotopic (exact) mass is 574 g/mol. The molecule has 0 saturated carbocycles. The number of halogens is 1. The van der Waals surface area contributed by atoms with E-state index in [4.69, 9.17) is 0 Å². The molecule has 0 aromatic carbocycles. The van der Waals surface area contributed by atoms with Crippen LogP contribution in [0.3, 0.4) is 0 Å². The lowest BCUT2D eigenvalue weighted by Gasteiger charge is -2.30. The summed E-state index contributed by atoms with van der Waals surface area (Å²) in [6.45, 7) is 10.3. The average molecular weight is 575 g/mol. The molecule has 41 heavy (non-hydrogen) atoms. The maximum Gasteiger partial charge on any atom is 0.327 e. The SMILES string of the molecule is CCC1=C(C2=C(C)C(NC(=O)c3cc4c(s3)CCCC4)=C(F)CC2)C=C(C(C)C(C)C2C#[N+]N(C)C(C)=C2)C(=O)C1. The van der Waals surface area contributed by atoms with Crippen LogP contribution in [0.25, 0.3) is 4.95 Å². The van der Waals surface area contributed by atoms with Gasteiger partial charge in [-0.2, -0.15) is 0 Å². The molecule has 0 bridgehead atoms. The molecule has 1 aliphatic heterocycles. The Balaban J connectivity index is 1.44. The van der Waals surface area contributed by atoms with Gasteiger partial charge in [0.1, 0.15) is 11.7 Å². The predicted octanol–water partition coefficient (Wildman–Crippen LogP) is 8.24. The second kappa shape index (κ2) is 11.9. The van der Waals surface area contributed by atoms with Crippen molar-refractivity contribution in [2.24, 2.45) is 17.8 Å². The summed E-state index contributed by atoms with van der Waals surface area (Å²) in [5.74, 6) is -0.216. The molecule has 7 heteroatoms. The van der Waals surface area contributed by atoms with Crippen molar-refractivity contribution in [3.63, 3.8) is 0 Å². The maximum absolute atomic E-state index is 15.3. The van der Waals surface area contributed by atoms with Gasteiger partial charge in [0.25, 0.3) is 5.91 Å². The largest absolute Gasteiger partial charge is 0.327 e. The Hall–Kier alpha value is -3.24. The van der Waals surface area contributed by atoms with Gasteiger partial charge in [0.05, 0.1) is 28.3 Å². The molecule has 216 valence electrons. The Morgan fingerprint density at radius 1 is 1.22 bits per heavy atom. The highest BCUT2D eigenvalue weighted by Crippen LogP contribution is 2.42.